The van der Waals surface area contributed by atoms with Crippen molar-refractivity contribution < 1.29 is 9.66 Å². The average molecular weight is 297 g/mol. The van der Waals surface area contributed by atoms with Crippen LogP contribution in [0.4, 0.5) is 5.69 Å². The molecule has 0 aliphatic rings. The van der Waals surface area contributed by atoms with Crippen molar-refractivity contribution in [2.75, 3.05) is 7.11 Å². The molecule has 0 aliphatic carbocycles. The fraction of sp³-hybridized carbons (Fsp3) is 0.188. The Kier molecular flexibility index (Phi) is 3.50. The third kappa shape index (κ3) is 2.39. The number of hydrogen-bond donors (Lipinski definition) is 1. The van der Waals surface area contributed by atoms with Gasteiger partial charge in [-0.2, -0.15) is 5.10 Å². The number of benzene rings is 2. The first-order valence-electron chi connectivity index (χ1n) is 6.84. The van der Waals surface area contributed by atoms with Crippen LogP contribution in [-0.4, -0.2) is 22.2 Å². The molecule has 0 aliphatic heterocycles. The van der Waals surface area contributed by atoms with Gasteiger partial charge in [-0.15, -0.1) is 0 Å². The summed E-state index contributed by atoms with van der Waals surface area (Å²) in [6.07, 6.45) is 0.487. The molecule has 0 unspecified atom stereocenters. The first-order chi connectivity index (χ1) is 10.6. The number of ether oxygens (including phenoxy) is 1. The Morgan fingerprint density at radius 3 is 2.59 bits per heavy atom. The number of hydrogen-bond acceptors (Lipinski definition) is 4. The highest BCUT2D eigenvalue weighted by molar-refractivity contribution is 5.91. The monoisotopic (exact) mass is 297 g/mol. The smallest absolute Gasteiger partial charge is 0.284 e. The van der Waals surface area contributed by atoms with Crippen LogP contribution in [0.1, 0.15) is 16.8 Å². The van der Waals surface area contributed by atoms with Gasteiger partial charge in [-0.1, -0.05) is 12.1 Å². The molecule has 3 aromatic rings. The number of nitro groups is 1. The lowest BCUT2D eigenvalue weighted by Gasteiger charge is -2.06. The van der Waals surface area contributed by atoms with E-state index in [1.165, 1.54) is 0 Å². The van der Waals surface area contributed by atoms with Crippen LogP contribution in [0.15, 0.2) is 36.4 Å². The molecule has 22 heavy (non-hydrogen) atoms. The second-order valence-electron chi connectivity index (χ2n) is 5.10. The van der Waals surface area contributed by atoms with Crippen molar-refractivity contribution >= 4 is 16.6 Å². The number of aromatic amines is 1. The number of fused-ring (bicyclic) bond motifs is 1. The zero-order valence-corrected chi connectivity index (χ0v) is 12.3. The number of nitro benzene ring substituents is 1. The first-order valence-corrected chi connectivity index (χ1v) is 6.84. The molecule has 2 aromatic carbocycles. The second-order valence-corrected chi connectivity index (χ2v) is 5.10. The molecule has 0 atom stereocenters. The Labute approximate surface area is 126 Å². The largest absolute Gasteiger partial charge is 0.497 e. The number of aryl methyl sites for hydroxylation is 1. The van der Waals surface area contributed by atoms with Gasteiger partial charge in [-0.25, -0.2) is 0 Å². The zero-order chi connectivity index (χ0) is 15.7. The molecule has 0 bridgehead atoms. The average Bonchev–Trinajstić information content (AvgIpc) is 2.89. The SMILES string of the molecule is COc1ccc(Cc2ccc3n[nH]c(C)c3c2[N+](=O)[O-])cc1. The number of H-pyrrole nitrogens is 1. The molecule has 112 valence electrons. The summed E-state index contributed by atoms with van der Waals surface area (Å²) >= 11 is 0. The predicted octanol–water partition coefficient (Wildman–Crippen LogP) is 3.38. The van der Waals surface area contributed by atoms with Crippen LogP contribution < -0.4 is 4.74 Å². The number of nitrogens with one attached hydrogen (secondary N) is 1. The Bertz CT molecular complexity index is 838. The van der Waals surface area contributed by atoms with Crippen molar-refractivity contribution in [2.45, 2.75) is 13.3 Å². The van der Waals surface area contributed by atoms with Gasteiger partial charge in [0.1, 0.15) is 11.1 Å². The lowest BCUT2D eigenvalue weighted by Crippen LogP contribution is -1.98. The Morgan fingerprint density at radius 1 is 1.23 bits per heavy atom. The van der Waals surface area contributed by atoms with Crippen LogP contribution in [0.3, 0.4) is 0 Å². The summed E-state index contributed by atoms with van der Waals surface area (Å²) < 4.78 is 5.12. The molecule has 0 radical (unpaired) electrons. The van der Waals surface area contributed by atoms with Gasteiger partial charge in [-0.05, 0) is 36.8 Å². The molecular weight excluding hydrogens is 282 g/mol. The predicted molar refractivity (Wildman–Crippen MR) is 83.3 cm³/mol. The molecule has 1 heterocycles. The van der Waals surface area contributed by atoms with Crippen molar-refractivity contribution in [2.24, 2.45) is 0 Å². The minimum Gasteiger partial charge on any atom is -0.497 e. The summed E-state index contributed by atoms with van der Waals surface area (Å²) in [5, 5.41) is 19.0. The standard InChI is InChI=1S/C16H15N3O3/c1-10-15-14(18-17-10)8-5-12(16(15)19(20)21)9-11-3-6-13(22-2)7-4-11/h3-8H,9H2,1-2H3,(H,17,18). The van der Waals surface area contributed by atoms with Gasteiger partial charge < -0.3 is 4.74 Å². The fourth-order valence-corrected chi connectivity index (χ4v) is 2.60. The topological polar surface area (TPSA) is 81.0 Å². The maximum absolute atomic E-state index is 11.5. The Morgan fingerprint density at radius 2 is 1.95 bits per heavy atom. The maximum atomic E-state index is 11.5. The van der Waals surface area contributed by atoms with Gasteiger partial charge >= 0.3 is 0 Å². The van der Waals surface area contributed by atoms with Crippen molar-refractivity contribution in [3.8, 4) is 5.75 Å². The van der Waals surface area contributed by atoms with E-state index in [0.29, 0.717) is 28.6 Å². The highest BCUT2D eigenvalue weighted by atomic mass is 16.6. The van der Waals surface area contributed by atoms with E-state index in [-0.39, 0.29) is 10.6 Å². The van der Waals surface area contributed by atoms with Gasteiger partial charge in [-0.3, -0.25) is 15.2 Å². The third-order valence-electron chi connectivity index (χ3n) is 3.69. The molecule has 1 N–H and O–H groups in total. The van der Waals surface area contributed by atoms with E-state index in [4.69, 9.17) is 4.74 Å². The molecule has 0 saturated heterocycles. The number of aromatic nitrogens is 2. The summed E-state index contributed by atoms with van der Waals surface area (Å²) in [5.74, 6) is 0.763. The normalized spacial score (nSPS) is 10.8. The van der Waals surface area contributed by atoms with Crippen LogP contribution in [0, 0.1) is 17.0 Å². The highest BCUT2D eigenvalue weighted by Gasteiger charge is 2.21. The molecular formula is C16H15N3O3. The van der Waals surface area contributed by atoms with Gasteiger partial charge in [0.25, 0.3) is 5.69 Å². The summed E-state index contributed by atoms with van der Waals surface area (Å²) in [6, 6.07) is 11.1. The van der Waals surface area contributed by atoms with Gasteiger partial charge in [0.2, 0.25) is 0 Å². The lowest BCUT2D eigenvalue weighted by molar-refractivity contribution is -0.383. The molecule has 6 nitrogen and oxygen atoms in total. The van der Waals surface area contributed by atoms with Crippen molar-refractivity contribution in [1.82, 2.24) is 10.2 Å². The van der Waals surface area contributed by atoms with Gasteiger partial charge in [0.05, 0.1) is 17.5 Å². The quantitative estimate of drug-likeness (QED) is 0.591. The third-order valence-corrected chi connectivity index (χ3v) is 3.69. The van der Waals surface area contributed by atoms with Gasteiger partial charge in [0.15, 0.2) is 0 Å². The molecule has 0 fully saturated rings. The molecule has 3 rings (SSSR count). The zero-order valence-electron chi connectivity index (χ0n) is 12.3. The van der Waals surface area contributed by atoms with E-state index in [1.54, 1.807) is 20.1 Å². The summed E-state index contributed by atoms with van der Waals surface area (Å²) in [7, 11) is 1.61. The summed E-state index contributed by atoms with van der Waals surface area (Å²) in [5.41, 5.74) is 3.11. The van der Waals surface area contributed by atoms with Crippen LogP contribution in [0.2, 0.25) is 0 Å². The number of rotatable bonds is 4. The van der Waals surface area contributed by atoms with Crippen LogP contribution in [0.5, 0.6) is 5.75 Å². The van der Waals surface area contributed by atoms with Crippen molar-refractivity contribution in [3.63, 3.8) is 0 Å². The Hall–Kier alpha value is -2.89. The number of nitrogens with zero attached hydrogens (tertiary/aromatic N) is 2. The van der Waals surface area contributed by atoms with Crippen molar-refractivity contribution in [1.29, 1.82) is 0 Å². The maximum Gasteiger partial charge on any atom is 0.284 e. The molecule has 1 aromatic heterocycles. The van der Waals surface area contributed by atoms with E-state index < -0.39 is 0 Å². The van der Waals surface area contributed by atoms with E-state index in [1.807, 2.05) is 30.3 Å². The molecule has 6 heteroatoms. The minimum atomic E-state index is -0.330. The van der Waals surface area contributed by atoms with E-state index in [2.05, 4.69) is 10.2 Å². The highest BCUT2D eigenvalue weighted by Crippen LogP contribution is 2.32. The Balaban J connectivity index is 2.07. The molecule has 0 saturated carbocycles. The number of methoxy groups -OCH3 is 1. The fourth-order valence-electron chi connectivity index (χ4n) is 2.60. The second kappa shape index (κ2) is 5.48. The lowest BCUT2D eigenvalue weighted by atomic mass is 10.0. The first kappa shape index (κ1) is 14.1. The van der Waals surface area contributed by atoms with Crippen molar-refractivity contribution in [3.05, 3.63) is 63.3 Å². The van der Waals surface area contributed by atoms with Gasteiger partial charge in [0, 0.05) is 17.7 Å². The van der Waals surface area contributed by atoms with Crippen LogP contribution >= 0.6 is 0 Å². The van der Waals surface area contributed by atoms with E-state index >= 15 is 0 Å². The van der Waals surface area contributed by atoms with Crippen LogP contribution in [-0.2, 0) is 6.42 Å². The summed E-state index contributed by atoms with van der Waals surface area (Å²) in [6.45, 7) is 1.79. The molecule has 0 amide bonds. The van der Waals surface area contributed by atoms with E-state index in [9.17, 15) is 10.1 Å². The minimum absolute atomic E-state index is 0.125. The summed E-state index contributed by atoms with van der Waals surface area (Å²) in [4.78, 5) is 11.2. The van der Waals surface area contributed by atoms with Crippen LogP contribution in [0.25, 0.3) is 10.9 Å². The molecule has 0 spiro atoms. The van der Waals surface area contributed by atoms with E-state index in [0.717, 1.165) is 11.3 Å².